The Kier molecular flexibility index (Phi) is 6.06. The van der Waals surface area contributed by atoms with Gasteiger partial charge in [-0.05, 0) is 64.5 Å². The van der Waals surface area contributed by atoms with Crippen molar-refractivity contribution in [3.63, 3.8) is 0 Å². The largest absolute Gasteiger partial charge is 0.385 e. The van der Waals surface area contributed by atoms with Gasteiger partial charge < -0.3 is 10.1 Å². The fraction of sp³-hybridized carbons (Fsp3) is 0.882. The van der Waals surface area contributed by atoms with E-state index in [4.69, 9.17) is 4.74 Å². The minimum Gasteiger partial charge on any atom is -0.385 e. The maximum absolute atomic E-state index is 5.23. The van der Waals surface area contributed by atoms with Gasteiger partial charge in [0.05, 0.1) is 0 Å². The number of nitrogens with zero attached hydrogens (tertiary/aromatic N) is 1. The number of methoxy groups -OCH3 is 1. The molecule has 0 amide bonds. The van der Waals surface area contributed by atoms with Crippen LogP contribution in [0.3, 0.4) is 0 Å². The summed E-state index contributed by atoms with van der Waals surface area (Å²) in [5.74, 6) is 0. The van der Waals surface area contributed by atoms with Gasteiger partial charge in [0.25, 0.3) is 0 Å². The SMILES string of the molecule is COCCC1(CNC2CCN(CC=C(C)C)CC2)CC1. The van der Waals surface area contributed by atoms with Crippen LogP contribution in [0.25, 0.3) is 0 Å². The molecule has 20 heavy (non-hydrogen) atoms. The molecule has 0 unspecified atom stereocenters. The van der Waals surface area contributed by atoms with Crippen LogP contribution in [0.15, 0.2) is 11.6 Å². The molecule has 116 valence electrons. The monoisotopic (exact) mass is 280 g/mol. The van der Waals surface area contributed by atoms with Gasteiger partial charge in [-0.15, -0.1) is 0 Å². The number of likely N-dealkylation sites (tertiary alicyclic amines) is 1. The summed E-state index contributed by atoms with van der Waals surface area (Å²) in [6.07, 6.45) is 8.97. The molecule has 2 fully saturated rings. The average Bonchev–Trinajstić information content (AvgIpc) is 3.22. The predicted octanol–water partition coefficient (Wildman–Crippen LogP) is 2.82. The van der Waals surface area contributed by atoms with Gasteiger partial charge >= 0.3 is 0 Å². The summed E-state index contributed by atoms with van der Waals surface area (Å²) in [6, 6.07) is 0.734. The molecule has 2 rings (SSSR count). The smallest absolute Gasteiger partial charge is 0.0468 e. The summed E-state index contributed by atoms with van der Waals surface area (Å²) in [5.41, 5.74) is 2.01. The first-order valence-electron chi connectivity index (χ1n) is 8.22. The highest BCUT2D eigenvalue weighted by Gasteiger charge is 2.42. The Morgan fingerprint density at radius 1 is 1.30 bits per heavy atom. The van der Waals surface area contributed by atoms with Crippen molar-refractivity contribution in [2.75, 3.05) is 39.9 Å². The van der Waals surface area contributed by atoms with Crippen LogP contribution in [-0.2, 0) is 4.74 Å². The maximum Gasteiger partial charge on any atom is 0.0468 e. The number of hydrogen-bond acceptors (Lipinski definition) is 3. The molecule has 0 spiro atoms. The van der Waals surface area contributed by atoms with E-state index in [-0.39, 0.29) is 0 Å². The Bertz CT molecular complexity index is 311. The Labute approximate surface area is 124 Å². The van der Waals surface area contributed by atoms with E-state index in [1.165, 1.54) is 57.3 Å². The maximum atomic E-state index is 5.23. The first kappa shape index (κ1) is 16.0. The molecule has 0 radical (unpaired) electrons. The van der Waals surface area contributed by atoms with E-state index < -0.39 is 0 Å². The standard InChI is InChI=1S/C17H32N2O/c1-15(2)4-10-19-11-5-16(6-12-19)18-14-17(7-8-17)9-13-20-3/h4,16,18H,5-14H2,1-3H3. The highest BCUT2D eigenvalue weighted by molar-refractivity contribution is 4.97. The summed E-state index contributed by atoms with van der Waals surface area (Å²) in [4.78, 5) is 2.57. The third kappa shape index (κ3) is 5.19. The molecule has 1 saturated carbocycles. The van der Waals surface area contributed by atoms with Gasteiger partial charge in [0, 0.05) is 32.8 Å². The molecular weight excluding hydrogens is 248 g/mol. The van der Waals surface area contributed by atoms with Crippen LogP contribution in [0.2, 0.25) is 0 Å². The highest BCUT2D eigenvalue weighted by atomic mass is 16.5. The Hall–Kier alpha value is -0.380. The number of piperidine rings is 1. The van der Waals surface area contributed by atoms with E-state index >= 15 is 0 Å². The number of hydrogen-bond donors (Lipinski definition) is 1. The molecule has 2 aliphatic rings. The van der Waals surface area contributed by atoms with Crippen LogP contribution in [0.5, 0.6) is 0 Å². The summed E-state index contributed by atoms with van der Waals surface area (Å²) < 4.78 is 5.23. The zero-order valence-electron chi connectivity index (χ0n) is 13.6. The van der Waals surface area contributed by atoms with Gasteiger partial charge in [0.15, 0.2) is 0 Å². The van der Waals surface area contributed by atoms with Crippen molar-refractivity contribution in [1.29, 1.82) is 0 Å². The van der Waals surface area contributed by atoms with Crippen LogP contribution < -0.4 is 5.32 Å². The average molecular weight is 280 g/mol. The minimum absolute atomic E-state index is 0.579. The molecule has 1 saturated heterocycles. The third-order valence-electron chi connectivity index (χ3n) is 4.90. The van der Waals surface area contributed by atoms with Crippen LogP contribution in [0.1, 0.15) is 46.0 Å². The number of rotatable bonds is 8. The molecule has 0 aromatic heterocycles. The third-order valence-corrected chi connectivity index (χ3v) is 4.90. The van der Waals surface area contributed by atoms with Crippen LogP contribution in [-0.4, -0.2) is 50.8 Å². The van der Waals surface area contributed by atoms with Gasteiger partial charge in [0.1, 0.15) is 0 Å². The van der Waals surface area contributed by atoms with Crippen molar-refractivity contribution >= 4 is 0 Å². The number of ether oxygens (including phenoxy) is 1. The fourth-order valence-corrected chi connectivity index (χ4v) is 3.00. The zero-order chi connectivity index (χ0) is 14.4. The summed E-state index contributed by atoms with van der Waals surface area (Å²) >= 11 is 0. The first-order chi connectivity index (χ1) is 9.63. The quantitative estimate of drug-likeness (QED) is 0.692. The molecule has 1 heterocycles. The molecule has 0 aromatic rings. The predicted molar refractivity (Wildman–Crippen MR) is 85.1 cm³/mol. The second-order valence-corrected chi connectivity index (χ2v) is 6.98. The molecule has 3 nitrogen and oxygen atoms in total. The molecule has 0 atom stereocenters. The molecule has 0 bridgehead atoms. The molecule has 1 N–H and O–H groups in total. The minimum atomic E-state index is 0.579. The normalized spacial score (nSPS) is 22.8. The van der Waals surface area contributed by atoms with Crippen molar-refractivity contribution in [1.82, 2.24) is 10.2 Å². The van der Waals surface area contributed by atoms with Crippen LogP contribution >= 0.6 is 0 Å². The highest BCUT2D eigenvalue weighted by Crippen LogP contribution is 2.48. The van der Waals surface area contributed by atoms with Crippen LogP contribution in [0, 0.1) is 5.41 Å². The molecule has 1 aliphatic heterocycles. The van der Waals surface area contributed by atoms with Crippen molar-refractivity contribution < 1.29 is 4.74 Å². The van der Waals surface area contributed by atoms with Crippen molar-refractivity contribution in [3.05, 3.63) is 11.6 Å². The lowest BCUT2D eigenvalue weighted by Crippen LogP contribution is -2.44. The van der Waals surface area contributed by atoms with Crippen LogP contribution in [0.4, 0.5) is 0 Å². The Balaban J connectivity index is 1.61. The molecular formula is C17H32N2O. The lowest BCUT2D eigenvalue weighted by Gasteiger charge is -2.32. The second kappa shape index (κ2) is 7.58. The van der Waals surface area contributed by atoms with Gasteiger partial charge in [-0.1, -0.05) is 11.6 Å². The zero-order valence-corrected chi connectivity index (χ0v) is 13.6. The second-order valence-electron chi connectivity index (χ2n) is 6.98. The van der Waals surface area contributed by atoms with Crippen molar-refractivity contribution in [2.45, 2.75) is 52.0 Å². The summed E-state index contributed by atoms with van der Waals surface area (Å²) in [6.45, 7) is 10.1. The van der Waals surface area contributed by atoms with E-state index in [1.807, 2.05) is 7.11 Å². The van der Waals surface area contributed by atoms with Crippen molar-refractivity contribution in [3.8, 4) is 0 Å². The lowest BCUT2D eigenvalue weighted by molar-refractivity contribution is 0.165. The van der Waals surface area contributed by atoms with E-state index in [1.54, 1.807) is 0 Å². The fourth-order valence-electron chi connectivity index (χ4n) is 3.00. The van der Waals surface area contributed by atoms with Gasteiger partial charge in [-0.25, -0.2) is 0 Å². The van der Waals surface area contributed by atoms with E-state index in [0.717, 1.165) is 19.2 Å². The molecule has 1 aliphatic carbocycles. The first-order valence-corrected chi connectivity index (χ1v) is 8.22. The summed E-state index contributed by atoms with van der Waals surface area (Å²) in [7, 11) is 1.81. The number of nitrogens with one attached hydrogen (secondary N) is 1. The molecule has 3 heteroatoms. The Morgan fingerprint density at radius 3 is 2.55 bits per heavy atom. The Morgan fingerprint density at radius 2 is 2.00 bits per heavy atom. The van der Waals surface area contributed by atoms with Gasteiger partial charge in [-0.2, -0.15) is 0 Å². The lowest BCUT2D eigenvalue weighted by atomic mass is 10.00. The number of allylic oxidation sites excluding steroid dienone is 1. The van der Waals surface area contributed by atoms with E-state index in [2.05, 4.69) is 30.1 Å². The van der Waals surface area contributed by atoms with E-state index in [9.17, 15) is 0 Å². The van der Waals surface area contributed by atoms with Crippen molar-refractivity contribution in [2.24, 2.45) is 5.41 Å². The van der Waals surface area contributed by atoms with Gasteiger partial charge in [-0.3, -0.25) is 4.90 Å². The van der Waals surface area contributed by atoms with E-state index in [0.29, 0.717) is 5.41 Å². The van der Waals surface area contributed by atoms with Gasteiger partial charge in [0.2, 0.25) is 0 Å². The summed E-state index contributed by atoms with van der Waals surface area (Å²) in [5, 5.41) is 3.82. The molecule has 0 aromatic carbocycles. The topological polar surface area (TPSA) is 24.5 Å².